The minimum atomic E-state index is 0.666. The summed E-state index contributed by atoms with van der Waals surface area (Å²) in [5.41, 5.74) is 0. The third-order valence-corrected chi connectivity index (χ3v) is 4.42. The van der Waals surface area contributed by atoms with Crippen LogP contribution in [0.1, 0.15) is 67.2 Å². The Morgan fingerprint density at radius 3 is 1.47 bits per heavy atom. The van der Waals surface area contributed by atoms with Gasteiger partial charge >= 0.3 is 113 Å². The van der Waals surface area contributed by atoms with Gasteiger partial charge in [0.1, 0.15) is 0 Å². The summed E-state index contributed by atoms with van der Waals surface area (Å²) in [7, 11) is 0. The van der Waals surface area contributed by atoms with Crippen molar-refractivity contribution in [1.82, 2.24) is 0 Å². The average molecular weight is 289 g/mol. The molecule has 0 atom stereocenters. The van der Waals surface area contributed by atoms with Crippen molar-refractivity contribution in [1.29, 1.82) is 0 Å². The first-order valence-electron chi connectivity index (χ1n) is 6.50. The molecule has 0 spiro atoms. The summed E-state index contributed by atoms with van der Waals surface area (Å²) in [6.07, 6.45) is 5.70. The van der Waals surface area contributed by atoms with E-state index in [1.807, 2.05) is 0 Å². The van der Waals surface area contributed by atoms with E-state index in [2.05, 4.69) is 41.5 Å². The molecule has 0 aliphatic rings. The zero-order valence-electron chi connectivity index (χ0n) is 11.6. The Bertz CT molecular complexity index is 149. The summed E-state index contributed by atoms with van der Waals surface area (Å²) in [6, 6.07) is 0. The van der Waals surface area contributed by atoms with Crippen LogP contribution in [0.15, 0.2) is 0 Å². The van der Waals surface area contributed by atoms with Gasteiger partial charge in [-0.2, -0.15) is 0 Å². The summed E-state index contributed by atoms with van der Waals surface area (Å²) in [5.74, 6) is 2.58. The molecule has 0 unspecified atom stereocenters. The molecular formula is C14H29Zr. The first-order chi connectivity index (χ1) is 6.75. The molecule has 0 aromatic carbocycles. The number of hydrogen-bond acceptors (Lipinski definition) is 0. The molecule has 1 heteroatoms. The van der Waals surface area contributed by atoms with E-state index >= 15 is 0 Å². The molecule has 0 aromatic heterocycles. The van der Waals surface area contributed by atoms with Crippen LogP contribution < -0.4 is 0 Å². The van der Waals surface area contributed by atoms with Crippen molar-refractivity contribution in [2.24, 2.45) is 17.8 Å². The summed E-state index contributed by atoms with van der Waals surface area (Å²) in [5, 5.41) is 0. The van der Waals surface area contributed by atoms with Gasteiger partial charge in [-0.25, -0.2) is 0 Å². The Hall–Kier alpha value is 0.883. The van der Waals surface area contributed by atoms with Gasteiger partial charge in [0.25, 0.3) is 0 Å². The predicted molar refractivity (Wildman–Crippen MR) is 65.7 cm³/mol. The molecule has 0 radical (unpaired) electrons. The Kier molecular flexibility index (Phi) is 7.68. The van der Waals surface area contributed by atoms with E-state index in [-0.39, 0.29) is 0 Å². The minimum absolute atomic E-state index is 0.666. The second kappa shape index (κ2) is 7.26. The molecule has 0 saturated heterocycles. The van der Waals surface area contributed by atoms with Crippen molar-refractivity contribution >= 4 is 0 Å². The van der Waals surface area contributed by atoms with E-state index in [1.165, 1.54) is 25.7 Å². The summed E-state index contributed by atoms with van der Waals surface area (Å²) >= 11 is 1.77. The molecule has 15 heavy (non-hydrogen) atoms. The van der Waals surface area contributed by atoms with Crippen molar-refractivity contribution in [2.45, 2.75) is 70.3 Å². The molecule has 0 nitrogen and oxygen atoms in total. The first-order valence-corrected chi connectivity index (χ1v) is 7.73. The SMILES string of the molecule is CC(C)CC[C]([Zr])(CC(C)C)CC(C)C. The van der Waals surface area contributed by atoms with E-state index in [9.17, 15) is 0 Å². The van der Waals surface area contributed by atoms with Gasteiger partial charge in [-0.1, -0.05) is 0 Å². The fourth-order valence-electron chi connectivity index (χ4n) is 2.42. The van der Waals surface area contributed by atoms with Crippen LogP contribution in [0, 0.1) is 17.8 Å². The summed E-state index contributed by atoms with van der Waals surface area (Å²) < 4.78 is 0.666. The van der Waals surface area contributed by atoms with Crippen LogP contribution in [0.4, 0.5) is 0 Å². The predicted octanol–water partition coefficient (Wildman–Crippen LogP) is 5.22. The molecule has 0 saturated carbocycles. The number of hydrogen-bond donors (Lipinski definition) is 0. The Morgan fingerprint density at radius 1 is 0.800 bits per heavy atom. The van der Waals surface area contributed by atoms with Gasteiger partial charge in [-0.3, -0.25) is 0 Å². The van der Waals surface area contributed by atoms with Gasteiger partial charge in [0.2, 0.25) is 0 Å². The van der Waals surface area contributed by atoms with Gasteiger partial charge in [0.15, 0.2) is 0 Å². The quantitative estimate of drug-likeness (QED) is 0.602. The molecular weight excluding hydrogens is 259 g/mol. The fraction of sp³-hybridized carbons (Fsp3) is 1.00. The molecule has 0 heterocycles. The van der Waals surface area contributed by atoms with E-state index in [0.29, 0.717) is 3.12 Å². The molecule has 0 aromatic rings. The van der Waals surface area contributed by atoms with Crippen molar-refractivity contribution in [3.63, 3.8) is 0 Å². The van der Waals surface area contributed by atoms with Crippen LogP contribution in [0.3, 0.4) is 0 Å². The van der Waals surface area contributed by atoms with Gasteiger partial charge in [-0.15, -0.1) is 0 Å². The third kappa shape index (κ3) is 8.67. The van der Waals surface area contributed by atoms with Crippen molar-refractivity contribution in [3.05, 3.63) is 0 Å². The standard InChI is InChI=1S/C14H29.Zr/c1-11(2)7-8-14(9-12(3)4)10-13(5)6;/h11-13H,7-10H2,1-6H3;. The van der Waals surface area contributed by atoms with Crippen molar-refractivity contribution < 1.29 is 24.7 Å². The Morgan fingerprint density at radius 2 is 1.20 bits per heavy atom. The normalized spacial score (nSPS) is 13.1. The molecule has 89 valence electrons. The van der Waals surface area contributed by atoms with E-state index in [0.717, 1.165) is 17.8 Å². The topological polar surface area (TPSA) is 0 Å². The summed E-state index contributed by atoms with van der Waals surface area (Å²) in [6.45, 7) is 14.2. The van der Waals surface area contributed by atoms with Crippen LogP contribution in [-0.2, 0) is 24.7 Å². The second-order valence-corrected chi connectivity index (χ2v) is 9.02. The zero-order valence-corrected chi connectivity index (χ0v) is 14.0. The van der Waals surface area contributed by atoms with E-state index < -0.39 is 0 Å². The van der Waals surface area contributed by atoms with Gasteiger partial charge in [0, 0.05) is 0 Å². The van der Waals surface area contributed by atoms with Crippen LogP contribution in [0.25, 0.3) is 0 Å². The molecule has 0 rings (SSSR count). The molecule has 0 amide bonds. The maximum atomic E-state index is 2.37. The molecule has 0 aliphatic heterocycles. The Balaban J connectivity index is 4.26. The molecule has 0 bridgehead atoms. The molecule has 0 N–H and O–H groups in total. The van der Waals surface area contributed by atoms with Crippen LogP contribution in [-0.4, -0.2) is 0 Å². The van der Waals surface area contributed by atoms with Crippen molar-refractivity contribution in [3.8, 4) is 0 Å². The molecule has 0 fully saturated rings. The van der Waals surface area contributed by atoms with Gasteiger partial charge < -0.3 is 0 Å². The van der Waals surface area contributed by atoms with Crippen LogP contribution in [0.5, 0.6) is 0 Å². The van der Waals surface area contributed by atoms with E-state index in [4.69, 9.17) is 0 Å². The Labute approximate surface area is 112 Å². The number of rotatable bonds is 7. The van der Waals surface area contributed by atoms with Gasteiger partial charge in [0.05, 0.1) is 0 Å². The van der Waals surface area contributed by atoms with E-state index in [1.54, 1.807) is 24.7 Å². The maximum absolute atomic E-state index is 2.37. The van der Waals surface area contributed by atoms with Gasteiger partial charge in [-0.05, 0) is 0 Å². The van der Waals surface area contributed by atoms with Crippen LogP contribution in [0.2, 0.25) is 3.12 Å². The monoisotopic (exact) mass is 287 g/mol. The van der Waals surface area contributed by atoms with Crippen molar-refractivity contribution in [2.75, 3.05) is 0 Å². The fourth-order valence-corrected chi connectivity index (χ4v) is 4.78. The second-order valence-electron chi connectivity index (χ2n) is 6.41. The van der Waals surface area contributed by atoms with Crippen LogP contribution >= 0.6 is 0 Å². The first kappa shape index (κ1) is 15.9. The zero-order chi connectivity index (χ0) is 12.1. The average Bonchev–Trinajstić information content (AvgIpc) is 1.97. The molecule has 0 aliphatic carbocycles. The summed E-state index contributed by atoms with van der Waals surface area (Å²) in [4.78, 5) is 0. The third-order valence-electron chi connectivity index (χ3n) is 2.80.